The van der Waals surface area contributed by atoms with Crippen LogP contribution in [0.4, 0.5) is 0 Å². The molecular formula is C23H30N4O3S. The van der Waals surface area contributed by atoms with Crippen LogP contribution in [-0.4, -0.2) is 62.3 Å². The second-order valence-electron chi connectivity index (χ2n) is 7.93. The molecule has 0 atom stereocenters. The zero-order valence-corrected chi connectivity index (χ0v) is 19.3. The van der Waals surface area contributed by atoms with E-state index in [1.54, 1.807) is 28.8 Å². The number of nitrogens with zero attached hydrogens (tertiary/aromatic N) is 3. The number of carbonyl (C=O) groups is 1. The second kappa shape index (κ2) is 9.64. The molecule has 3 aromatic rings. The lowest BCUT2D eigenvalue weighted by Crippen LogP contribution is -2.29. The molecule has 0 saturated heterocycles. The molecule has 1 N–H and O–H groups in total. The first-order valence-corrected chi connectivity index (χ1v) is 11.7. The molecule has 0 bridgehead atoms. The largest absolute Gasteiger partial charge is 0.351 e. The van der Waals surface area contributed by atoms with Crippen molar-refractivity contribution in [1.29, 1.82) is 0 Å². The van der Waals surface area contributed by atoms with E-state index >= 15 is 0 Å². The van der Waals surface area contributed by atoms with Crippen molar-refractivity contribution in [3.05, 3.63) is 65.9 Å². The third kappa shape index (κ3) is 5.33. The summed E-state index contributed by atoms with van der Waals surface area (Å²) in [6, 6.07) is 16.9. The van der Waals surface area contributed by atoms with Gasteiger partial charge in [-0.25, -0.2) is 12.7 Å². The number of nitrogens with one attached hydrogen (secondary N) is 1. The van der Waals surface area contributed by atoms with Gasteiger partial charge in [-0.2, -0.15) is 0 Å². The fourth-order valence-electron chi connectivity index (χ4n) is 3.53. The van der Waals surface area contributed by atoms with Crippen LogP contribution in [0.15, 0.2) is 59.5 Å². The van der Waals surface area contributed by atoms with Crippen LogP contribution in [0.2, 0.25) is 0 Å². The maximum Gasteiger partial charge on any atom is 0.267 e. The molecule has 0 radical (unpaired) electrons. The van der Waals surface area contributed by atoms with E-state index < -0.39 is 10.0 Å². The monoisotopic (exact) mass is 442 g/mol. The second-order valence-corrected chi connectivity index (χ2v) is 10.1. The first-order valence-electron chi connectivity index (χ1n) is 10.2. The molecule has 2 aromatic carbocycles. The molecule has 31 heavy (non-hydrogen) atoms. The fourth-order valence-corrected chi connectivity index (χ4v) is 4.47. The Hall–Kier alpha value is -2.68. The molecule has 8 heteroatoms. The van der Waals surface area contributed by atoms with Gasteiger partial charge >= 0.3 is 0 Å². The Kier molecular flexibility index (Phi) is 7.15. The lowest BCUT2D eigenvalue weighted by molar-refractivity contribution is 0.0944. The topological polar surface area (TPSA) is 74.7 Å². The molecular weight excluding hydrogens is 412 g/mol. The summed E-state index contributed by atoms with van der Waals surface area (Å²) in [5.41, 5.74) is 2.58. The van der Waals surface area contributed by atoms with Crippen molar-refractivity contribution in [1.82, 2.24) is 19.1 Å². The minimum Gasteiger partial charge on any atom is -0.351 e. The Morgan fingerprint density at radius 3 is 2.42 bits per heavy atom. The molecule has 0 fully saturated rings. The minimum absolute atomic E-state index is 0.165. The molecule has 7 nitrogen and oxygen atoms in total. The van der Waals surface area contributed by atoms with E-state index in [0.29, 0.717) is 12.2 Å². The highest BCUT2D eigenvalue weighted by Crippen LogP contribution is 2.23. The first kappa shape index (κ1) is 23.0. The van der Waals surface area contributed by atoms with E-state index in [9.17, 15) is 13.2 Å². The van der Waals surface area contributed by atoms with Crippen LogP contribution in [-0.2, 0) is 23.6 Å². The van der Waals surface area contributed by atoms with Gasteiger partial charge in [-0.05, 0) is 49.8 Å². The van der Waals surface area contributed by atoms with E-state index in [0.717, 1.165) is 30.4 Å². The highest BCUT2D eigenvalue weighted by Gasteiger charge is 2.19. The van der Waals surface area contributed by atoms with Gasteiger partial charge in [0, 0.05) is 45.1 Å². The van der Waals surface area contributed by atoms with Crippen molar-refractivity contribution in [2.75, 3.05) is 34.2 Å². The zero-order chi connectivity index (χ0) is 22.6. The zero-order valence-electron chi connectivity index (χ0n) is 18.5. The Balaban J connectivity index is 1.60. The van der Waals surface area contributed by atoms with Crippen LogP contribution in [0, 0.1) is 0 Å². The Morgan fingerprint density at radius 1 is 1.03 bits per heavy atom. The van der Waals surface area contributed by atoms with Gasteiger partial charge < -0.3 is 14.8 Å². The maximum atomic E-state index is 12.7. The van der Waals surface area contributed by atoms with Crippen LogP contribution in [0.5, 0.6) is 0 Å². The Bertz CT molecular complexity index is 1150. The van der Waals surface area contributed by atoms with Gasteiger partial charge in [-0.1, -0.05) is 30.3 Å². The summed E-state index contributed by atoms with van der Waals surface area (Å²) in [6.07, 6.45) is 0.838. The van der Waals surface area contributed by atoms with Crippen LogP contribution < -0.4 is 5.32 Å². The summed E-state index contributed by atoms with van der Waals surface area (Å²) in [6.45, 7) is 2.31. The quantitative estimate of drug-likeness (QED) is 0.517. The molecule has 0 aliphatic heterocycles. The predicted octanol–water partition coefficient (Wildman–Crippen LogP) is 2.68. The summed E-state index contributed by atoms with van der Waals surface area (Å²) in [5.74, 6) is -0.165. The van der Waals surface area contributed by atoms with Gasteiger partial charge in [0.2, 0.25) is 10.0 Å². The summed E-state index contributed by atoms with van der Waals surface area (Å²) >= 11 is 0. The highest BCUT2D eigenvalue weighted by atomic mass is 32.2. The number of carbonyl (C=O) groups excluding carboxylic acids is 1. The fraction of sp³-hybridized carbons (Fsp3) is 0.348. The van der Waals surface area contributed by atoms with E-state index in [1.165, 1.54) is 24.0 Å². The SMILES string of the molecule is CN(CCCNC(=O)c1cc2cc(S(=O)(=O)N(C)C)ccc2n1C)Cc1ccccc1. The Morgan fingerprint density at radius 2 is 1.74 bits per heavy atom. The molecule has 0 saturated carbocycles. The molecule has 0 spiro atoms. The smallest absolute Gasteiger partial charge is 0.267 e. The maximum absolute atomic E-state index is 12.7. The van der Waals surface area contributed by atoms with Crippen LogP contribution in [0.3, 0.4) is 0 Å². The normalized spacial score (nSPS) is 12.1. The number of benzene rings is 2. The third-order valence-electron chi connectivity index (χ3n) is 5.32. The Labute approximate surface area is 184 Å². The van der Waals surface area contributed by atoms with Crippen LogP contribution in [0.1, 0.15) is 22.5 Å². The van der Waals surface area contributed by atoms with E-state index in [1.807, 2.05) is 25.2 Å². The molecule has 1 heterocycles. The van der Waals surface area contributed by atoms with Crippen molar-refractivity contribution in [2.45, 2.75) is 17.9 Å². The molecule has 3 rings (SSSR count). The number of sulfonamides is 1. The number of fused-ring (bicyclic) bond motifs is 1. The third-order valence-corrected chi connectivity index (χ3v) is 7.13. The molecule has 166 valence electrons. The van der Waals surface area contributed by atoms with Gasteiger partial charge in [0.05, 0.1) is 4.90 Å². The molecule has 1 aromatic heterocycles. The van der Waals surface area contributed by atoms with Gasteiger partial charge in [0.15, 0.2) is 0 Å². The van der Waals surface area contributed by atoms with Gasteiger partial charge in [-0.15, -0.1) is 0 Å². The van der Waals surface area contributed by atoms with Crippen LogP contribution >= 0.6 is 0 Å². The summed E-state index contributed by atoms with van der Waals surface area (Å²) in [4.78, 5) is 15.1. The van der Waals surface area contributed by atoms with E-state index in [4.69, 9.17) is 0 Å². The lowest BCUT2D eigenvalue weighted by atomic mass is 10.2. The molecule has 0 aliphatic carbocycles. The van der Waals surface area contributed by atoms with Gasteiger partial charge in [0.25, 0.3) is 5.91 Å². The van der Waals surface area contributed by atoms with Crippen molar-refractivity contribution in [2.24, 2.45) is 7.05 Å². The van der Waals surface area contributed by atoms with Crippen LogP contribution in [0.25, 0.3) is 10.9 Å². The molecule has 0 unspecified atom stereocenters. The number of rotatable bonds is 9. The highest BCUT2D eigenvalue weighted by molar-refractivity contribution is 7.89. The number of hydrogen-bond donors (Lipinski definition) is 1. The summed E-state index contributed by atoms with van der Waals surface area (Å²) in [5, 5.41) is 3.69. The molecule has 1 amide bonds. The average Bonchev–Trinajstić information content (AvgIpc) is 3.07. The number of aromatic nitrogens is 1. The van der Waals surface area contributed by atoms with Crippen molar-refractivity contribution < 1.29 is 13.2 Å². The number of amides is 1. The predicted molar refractivity (Wildman–Crippen MR) is 124 cm³/mol. The number of aryl methyl sites for hydroxylation is 1. The van der Waals surface area contributed by atoms with Gasteiger partial charge in [-0.3, -0.25) is 4.79 Å². The number of hydrogen-bond acceptors (Lipinski definition) is 4. The summed E-state index contributed by atoms with van der Waals surface area (Å²) < 4.78 is 27.7. The van der Waals surface area contributed by atoms with Crippen molar-refractivity contribution >= 4 is 26.8 Å². The van der Waals surface area contributed by atoms with Crippen molar-refractivity contribution in [3.63, 3.8) is 0 Å². The average molecular weight is 443 g/mol. The van der Waals surface area contributed by atoms with Gasteiger partial charge in [0.1, 0.15) is 5.69 Å². The standard InChI is InChI=1S/C23H30N4O3S/c1-25(2)31(29,30)20-11-12-21-19(15-20)16-22(27(21)4)23(28)24-13-8-14-26(3)17-18-9-6-5-7-10-18/h5-7,9-12,15-16H,8,13-14,17H2,1-4H3,(H,24,28). The minimum atomic E-state index is -3.52. The first-order chi connectivity index (χ1) is 14.7. The summed E-state index contributed by atoms with van der Waals surface area (Å²) in [7, 11) is 3.36. The lowest BCUT2D eigenvalue weighted by Gasteiger charge is -2.16. The van der Waals surface area contributed by atoms with E-state index in [2.05, 4.69) is 29.4 Å². The van der Waals surface area contributed by atoms with E-state index in [-0.39, 0.29) is 10.8 Å². The molecule has 0 aliphatic rings. The van der Waals surface area contributed by atoms with Crippen molar-refractivity contribution in [3.8, 4) is 0 Å².